The molecule has 4 aromatic rings. The lowest BCUT2D eigenvalue weighted by Gasteiger charge is -2.11. The van der Waals surface area contributed by atoms with Gasteiger partial charge in [-0.3, -0.25) is 4.79 Å². The first-order valence-electron chi connectivity index (χ1n) is 8.55. The molecule has 0 saturated heterocycles. The van der Waals surface area contributed by atoms with E-state index in [2.05, 4.69) is 11.8 Å². The summed E-state index contributed by atoms with van der Waals surface area (Å²) < 4.78 is 19.0. The Hall–Kier alpha value is -3.64. The molecule has 0 aliphatic carbocycles. The van der Waals surface area contributed by atoms with E-state index in [-0.39, 0.29) is 11.2 Å². The molecule has 3 aromatic carbocycles. The Balaban J connectivity index is 1.88. The van der Waals surface area contributed by atoms with Crippen LogP contribution in [0.3, 0.4) is 0 Å². The molecule has 0 aliphatic heterocycles. The van der Waals surface area contributed by atoms with Crippen LogP contribution in [0.25, 0.3) is 11.0 Å². The molecule has 0 amide bonds. The van der Waals surface area contributed by atoms with E-state index in [0.717, 1.165) is 11.1 Å². The fourth-order valence-corrected chi connectivity index (χ4v) is 2.96. The molecule has 1 unspecified atom stereocenters. The highest BCUT2D eigenvalue weighted by Crippen LogP contribution is 2.24. The largest absolute Gasteiger partial charge is 0.464 e. The second-order valence-corrected chi connectivity index (χ2v) is 6.14. The fourth-order valence-electron chi connectivity index (χ4n) is 2.96. The highest BCUT2D eigenvalue weighted by molar-refractivity contribution is 5.77. The summed E-state index contributed by atoms with van der Waals surface area (Å²) in [5.41, 5.74) is 2.41. The van der Waals surface area contributed by atoms with E-state index in [1.54, 1.807) is 30.3 Å². The molecule has 1 heterocycles. The van der Waals surface area contributed by atoms with Gasteiger partial charge in [0.15, 0.2) is 5.43 Å². The molecule has 1 atom stereocenters. The van der Waals surface area contributed by atoms with E-state index in [9.17, 15) is 9.18 Å². The molecule has 27 heavy (non-hydrogen) atoms. The lowest BCUT2D eigenvalue weighted by molar-refractivity contribution is 0.592. The standard InChI is InChI=1S/C24H15FO2/c25-19-13-11-18(12-14-19)20(15-10-17-6-2-1-3-7-17)22-16-27-23-9-5-4-8-21(23)24(22)26/h1-9,11-14,16,20H. The number of hydrogen-bond acceptors (Lipinski definition) is 2. The van der Waals surface area contributed by atoms with Crippen LogP contribution in [0.15, 0.2) is 94.3 Å². The molecule has 3 heteroatoms. The quantitative estimate of drug-likeness (QED) is 0.468. The number of rotatable bonds is 2. The third-order valence-electron chi connectivity index (χ3n) is 4.36. The van der Waals surface area contributed by atoms with Crippen molar-refractivity contribution in [1.82, 2.24) is 0 Å². The maximum Gasteiger partial charge on any atom is 0.197 e. The second-order valence-electron chi connectivity index (χ2n) is 6.14. The number of halogens is 1. The molecular formula is C24H15FO2. The van der Waals surface area contributed by atoms with Crippen LogP contribution >= 0.6 is 0 Å². The van der Waals surface area contributed by atoms with Gasteiger partial charge >= 0.3 is 0 Å². The van der Waals surface area contributed by atoms with Crippen LogP contribution < -0.4 is 5.43 Å². The third-order valence-corrected chi connectivity index (χ3v) is 4.36. The van der Waals surface area contributed by atoms with Gasteiger partial charge in [-0.1, -0.05) is 54.3 Å². The molecule has 0 spiro atoms. The summed E-state index contributed by atoms with van der Waals surface area (Å²) in [5.74, 6) is 5.41. The van der Waals surface area contributed by atoms with Crippen LogP contribution in [0, 0.1) is 17.7 Å². The minimum Gasteiger partial charge on any atom is -0.464 e. The molecule has 4 rings (SSSR count). The van der Waals surface area contributed by atoms with Gasteiger partial charge in [-0.15, -0.1) is 0 Å². The molecule has 0 bridgehead atoms. The molecule has 0 saturated carbocycles. The second kappa shape index (κ2) is 7.31. The highest BCUT2D eigenvalue weighted by atomic mass is 19.1. The van der Waals surface area contributed by atoms with Gasteiger partial charge in [0.1, 0.15) is 11.4 Å². The number of benzene rings is 3. The Labute approximate surface area is 155 Å². The Bertz CT molecular complexity index is 1200. The van der Waals surface area contributed by atoms with Gasteiger partial charge in [0, 0.05) is 5.56 Å². The van der Waals surface area contributed by atoms with E-state index < -0.39 is 5.92 Å². The third kappa shape index (κ3) is 3.51. The van der Waals surface area contributed by atoms with Gasteiger partial charge in [0.05, 0.1) is 23.1 Å². The van der Waals surface area contributed by atoms with Crippen LogP contribution in [0.5, 0.6) is 0 Å². The minimum atomic E-state index is -0.522. The lowest BCUT2D eigenvalue weighted by Crippen LogP contribution is -2.13. The summed E-state index contributed by atoms with van der Waals surface area (Å²) in [5, 5.41) is 0.503. The van der Waals surface area contributed by atoms with Crippen LogP contribution in [0.4, 0.5) is 4.39 Å². The van der Waals surface area contributed by atoms with Crippen LogP contribution in [-0.4, -0.2) is 0 Å². The van der Waals surface area contributed by atoms with E-state index in [1.165, 1.54) is 18.4 Å². The number of para-hydroxylation sites is 1. The summed E-state index contributed by atoms with van der Waals surface area (Å²) in [4.78, 5) is 13.0. The number of hydrogen-bond donors (Lipinski definition) is 0. The van der Waals surface area contributed by atoms with Crippen molar-refractivity contribution in [3.63, 3.8) is 0 Å². The molecule has 2 nitrogen and oxygen atoms in total. The summed E-state index contributed by atoms with van der Waals surface area (Å²) >= 11 is 0. The monoisotopic (exact) mass is 354 g/mol. The molecule has 0 N–H and O–H groups in total. The van der Waals surface area contributed by atoms with Crippen LogP contribution in [0.1, 0.15) is 22.6 Å². The van der Waals surface area contributed by atoms with E-state index in [1.807, 2.05) is 36.4 Å². The van der Waals surface area contributed by atoms with Gasteiger partial charge in [-0.2, -0.15) is 0 Å². The van der Waals surface area contributed by atoms with Crippen molar-refractivity contribution in [3.05, 3.63) is 118 Å². The minimum absolute atomic E-state index is 0.131. The Morgan fingerprint density at radius 3 is 2.33 bits per heavy atom. The summed E-state index contributed by atoms with van der Waals surface area (Å²) in [6.07, 6.45) is 1.46. The summed E-state index contributed by atoms with van der Waals surface area (Å²) in [6, 6.07) is 22.7. The van der Waals surface area contributed by atoms with Gasteiger partial charge < -0.3 is 4.42 Å². The van der Waals surface area contributed by atoms with Gasteiger partial charge in [0.25, 0.3) is 0 Å². The SMILES string of the molecule is O=c1c(C(C#Cc2ccccc2)c2ccc(F)cc2)coc2ccccc12. The predicted octanol–water partition coefficient (Wildman–Crippen LogP) is 5.12. The first-order chi connectivity index (χ1) is 13.2. The van der Waals surface area contributed by atoms with Crippen LogP contribution in [-0.2, 0) is 0 Å². The maximum absolute atomic E-state index is 13.4. The Morgan fingerprint density at radius 2 is 1.56 bits per heavy atom. The maximum atomic E-state index is 13.4. The summed E-state index contributed by atoms with van der Waals surface area (Å²) in [6.45, 7) is 0. The average Bonchev–Trinajstić information content (AvgIpc) is 2.72. The lowest BCUT2D eigenvalue weighted by atomic mass is 9.92. The van der Waals surface area contributed by atoms with Gasteiger partial charge in [-0.05, 0) is 42.0 Å². The van der Waals surface area contributed by atoms with Gasteiger partial charge in [-0.25, -0.2) is 4.39 Å². The van der Waals surface area contributed by atoms with Crippen molar-refractivity contribution in [1.29, 1.82) is 0 Å². The molecular weight excluding hydrogens is 339 g/mol. The highest BCUT2D eigenvalue weighted by Gasteiger charge is 2.18. The van der Waals surface area contributed by atoms with Crippen molar-refractivity contribution in [3.8, 4) is 11.8 Å². The Kier molecular flexibility index (Phi) is 4.55. The topological polar surface area (TPSA) is 30.2 Å². The normalized spacial score (nSPS) is 11.6. The van der Waals surface area contributed by atoms with Gasteiger partial charge in [0.2, 0.25) is 0 Å². The molecule has 0 radical (unpaired) electrons. The van der Waals surface area contributed by atoms with Crippen molar-refractivity contribution in [2.24, 2.45) is 0 Å². The summed E-state index contributed by atoms with van der Waals surface area (Å²) in [7, 11) is 0. The van der Waals surface area contributed by atoms with Crippen LogP contribution in [0.2, 0.25) is 0 Å². The van der Waals surface area contributed by atoms with Crippen molar-refractivity contribution in [2.45, 2.75) is 5.92 Å². The zero-order chi connectivity index (χ0) is 18.6. The predicted molar refractivity (Wildman–Crippen MR) is 104 cm³/mol. The fraction of sp³-hybridized carbons (Fsp3) is 0.0417. The smallest absolute Gasteiger partial charge is 0.197 e. The van der Waals surface area contributed by atoms with Crippen molar-refractivity contribution in [2.75, 3.05) is 0 Å². The first-order valence-corrected chi connectivity index (χ1v) is 8.55. The van der Waals surface area contributed by atoms with E-state index in [4.69, 9.17) is 4.42 Å². The Morgan fingerprint density at radius 1 is 0.852 bits per heavy atom. The molecule has 1 aromatic heterocycles. The molecule has 0 aliphatic rings. The number of fused-ring (bicyclic) bond motifs is 1. The zero-order valence-corrected chi connectivity index (χ0v) is 14.4. The van der Waals surface area contributed by atoms with Crippen molar-refractivity contribution < 1.29 is 8.81 Å². The van der Waals surface area contributed by atoms with E-state index in [0.29, 0.717) is 16.5 Å². The van der Waals surface area contributed by atoms with Crippen molar-refractivity contribution >= 4 is 11.0 Å². The average molecular weight is 354 g/mol. The molecule has 0 fully saturated rings. The zero-order valence-electron chi connectivity index (χ0n) is 14.4. The van der Waals surface area contributed by atoms with E-state index >= 15 is 0 Å². The first kappa shape index (κ1) is 16.8. The molecule has 130 valence electrons.